The molecule has 0 radical (unpaired) electrons. The second kappa shape index (κ2) is 13.8. The minimum Gasteiger partial charge on any atom is -0.493 e. The van der Waals surface area contributed by atoms with E-state index in [4.69, 9.17) is 42.6 Å². The highest BCUT2D eigenvalue weighted by Crippen LogP contribution is 2.30. The topological polar surface area (TPSA) is 103 Å². The van der Waals surface area contributed by atoms with Crippen molar-refractivity contribution in [1.29, 1.82) is 0 Å². The van der Waals surface area contributed by atoms with E-state index in [-0.39, 0.29) is 17.7 Å². The Morgan fingerprint density at radius 3 is 2.43 bits per heavy atom. The van der Waals surface area contributed by atoms with Crippen molar-refractivity contribution in [3.8, 4) is 17.1 Å². The molecule has 0 fully saturated rings. The number of rotatable bonds is 10. The minimum atomic E-state index is -0.561. The first-order chi connectivity index (χ1) is 20.8. The molecule has 0 atom stereocenters. The van der Waals surface area contributed by atoms with Crippen LogP contribution in [-0.4, -0.2) is 74.4 Å². The van der Waals surface area contributed by atoms with Gasteiger partial charge in [0.25, 0.3) is 5.91 Å². The van der Waals surface area contributed by atoms with Crippen LogP contribution in [0.4, 0.5) is 4.79 Å². The Kier molecular flexibility index (Phi) is 10.4. The number of aromatic nitrogens is 4. The highest BCUT2D eigenvalue weighted by molar-refractivity contribution is 6.31. The number of hydrogen-bond donors (Lipinski definition) is 0. The van der Waals surface area contributed by atoms with Gasteiger partial charge in [-0.1, -0.05) is 23.2 Å². The number of halogens is 2. The summed E-state index contributed by atoms with van der Waals surface area (Å²) < 4.78 is 13.3. The molecule has 0 spiro atoms. The van der Waals surface area contributed by atoms with Gasteiger partial charge < -0.3 is 19.3 Å². The molecule has 0 bridgehead atoms. The number of ether oxygens (including phenoxy) is 2. The van der Waals surface area contributed by atoms with Gasteiger partial charge in [-0.25, -0.2) is 14.8 Å². The molecule has 0 aliphatic carbocycles. The smallest absolute Gasteiger partial charge is 0.410 e. The molecule has 0 saturated carbocycles. The summed E-state index contributed by atoms with van der Waals surface area (Å²) in [6.45, 7) is 11.4. The predicted octanol–water partition coefficient (Wildman–Crippen LogP) is 7.04. The van der Waals surface area contributed by atoms with E-state index in [0.717, 1.165) is 17.8 Å². The molecule has 12 heteroatoms. The Morgan fingerprint density at radius 1 is 1.00 bits per heavy atom. The van der Waals surface area contributed by atoms with Crippen LogP contribution in [-0.2, 0) is 17.8 Å². The fourth-order valence-electron chi connectivity index (χ4n) is 4.56. The van der Waals surface area contributed by atoms with E-state index in [9.17, 15) is 9.59 Å². The second-order valence-corrected chi connectivity index (χ2v) is 12.4. The number of carbonyl (C=O) groups excluding carboxylic acids is 2. The monoisotopic (exact) mass is 640 g/mol. The molecule has 4 aromatic rings. The molecule has 4 rings (SSSR count). The van der Waals surface area contributed by atoms with Crippen molar-refractivity contribution in [3.63, 3.8) is 0 Å². The van der Waals surface area contributed by atoms with Gasteiger partial charge in [-0.05, 0) is 77.4 Å². The number of hydrogen-bond acceptors (Lipinski definition) is 7. The zero-order chi connectivity index (χ0) is 32.2. The highest BCUT2D eigenvalue weighted by Gasteiger charge is 2.22. The van der Waals surface area contributed by atoms with Gasteiger partial charge in [0.1, 0.15) is 17.0 Å². The predicted molar refractivity (Wildman–Crippen MR) is 172 cm³/mol. The van der Waals surface area contributed by atoms with Gasteiger partial charge in [0.05, 0.1) is 18.3 Å². The number of amides is 2. The minimum absolute atomic E-state index is 0.225. The van der Waals surface area contributed by atoms with Crippen LogP contribution in [0, 0.1) is 6.92 Å². The Balaban J connectivity index is 1.56. The fraction of sp³-hybridized carbons (Fsp3) is 0.406. The van der Waals surface area contributed by atoms with Crippen LogP contribution < -0.4 is 4.74 Å². The Hall–Kier alpha value is -3.89. The third-order valence-electron chi connectivity index (χ3n) is 6.86. The van der Waals surface area contributed by atoms with Gasteiger partial charge >= 0.3 is 6.09 Å². The first kappa shape index (κ1) is 33.0. The molecule has 234 valence electrons. The van der Waals surface area contributed by atoms with Crippen LogP contribution >= 0.6 is 23.2 Å². The largest absolute Gasteiger partial charge is 0.493 e. The molecule has 0 aliphatic heterocycles. The molecule has 2 aromatic carbocycles. The highest BCUT2D eigenvalue weighted by atomic mass is 35.5. The number of aryl methyl sites for hydroxylation is 1. The molecule has 0 aliphatic rings. The van der Waals surface area contributed by atoms with Crippen LogP contribution in [0.15, 0.2) is 42.6 Å². The van der Waals surface area contributed by atoms with Gasteiger partial charge in [-0.2, -0.15) is 5.10 Å². The van der Waals surface area contributed by atoms with E-state index in [0.29, 0.717) is 64.2 Å². The van der Waals surface area contributed by atoms with Crippen molar-refractivity contribution < 1.29 is 19.1 Å². The van der Waals surface area contributed by atoms with Gasteiger partial charge in [-0.3, -0.25) is 9.48 Å². The van der Waals surface area contributed by atoms with Crippen LogP contribution in [0.3, 0.4) is 0 Å². The van der Waals surface area contributed by atoms with Gasteiger partial charge in [-0.15, -0.1) is 0 Å². The van der Waals surface area contributed by atoms with Crippen LogP contribution in [0.1, 0.15) is 55.9 Å². The van der Waals surface area contributed by atoms with Crippen molar-refractivity contribution in [1.82, 2.24) is 29.5 Å². The van der Waals surface area contributed by atoms with E-state index in [1.165, 1.54) is 4.90 Å². The summed E-state index contributed by atoms with van der Waals surface area (Å²) in [6, 6.07) is 10.4. The molecule has 10 nitrogen and oxygen atoms in total. The summed E-state index contributed by atoms with van der Waals surface area (Å²) in [7, 11) is 3.42. The third kappa shape index (κ3) is 8.18. The first-order valence-corrected chi connectivity index (χ1v) is 15.1. The Labute approximate surface area is 267 Å². The molecular weight excluding hydrogens is 603 g/mol. The lowest BCUT2D eigenvalue weighted by Crippen LogP contribution is -2.35. The average Bonchev–Trinajstić information content (AvgIpc) is 3.31. The standard InChI is InChI=1S/C32H38Cl2N6O4/c1-8-40-20(2)22(18-35-40)19-39(7)30(41)28-26-17-23(33)10-11-27(26)36-29(37-28)21-14-24(34)16-25(15-21)43-13-9-12-38(6)31(42)44-32(3,4)5/h10-11,14-18H,8-9,12-13,19H2,1-7H3. The SMILES string of the molecule is CCn1ncc(CN(C)C(=O)c2nc(-c3cc(Cl)cc(OCCCN(C)C(=O)OC(C)(C)C)c3)nc3ccc(Cl)cc23)c1C. The normalized spacial score (nSPS) is 11.5. The molecule has 0 N–H and O–H groups in total. The van der Waals surface area contributed by atoms with E-state index < -0.39 is 5.60 Å². The van der Waals surface area contributed by atoms with Crippen LogP contribution in [0.25, 0.3) is 22.3 Å². The second-order valence-electron chi connectivity index (χ2n) is 11.6. The molecular formula is C32H38Cl2N6O4. The Morgan fingerprint density at radius 2 is 1.75 bits per heavy atom. The first-order valence-electron chi connectivity index (χ1n) is 14.4. The molecule has 44 heavy (non-hydrogen) atoms. The van der Waals surface area contributed by atoms with Crippen molar-refractivity contribution in [2.24, 2.45) is 0 Å². The lowest BCUT2D eigenvalue weighted by Gasteiger charge is -2.24. The summed E-state index contributed by atoms with van der Waals surface area (Å²) in [6.07, 6.45) is 1.97. The summed E-state index contributed by atoms with van der Waals surface area (Å²) in [5.74, 6) is 0.557. The van der Waals surface area contributed by atoms with E-state index in [1.807, 2.05) is 39.3 Å². The van der Waals surface area contributed by atoms with E-state index in [1.54, 1.807) is 61.6 Å². The zero-order valence-electron chi connectivity index (χ0n) is 26.1. The maximum Gasteiger partial charge on any atom is 0.410 e. The Bertz CT molecular complexity index is 1670. The van der Waals surface area contributed by atoms with Crippen molar-refractivity contribution in [3.05, 3.63) is 69.6 Å². The van der Waals surface area contributed by atoms with E-state index in [2.05, 4.69) is 5.10 Å². The van der Waals surface area contributed by atoms with Crippen LogP contribution in [0.2, 0.25) is 10.0 Å². The molecule has 2 heterocycles. The van der Waals surface area contributed by atoms with Gasteiger partial charge in [0, 0.05) is 66.0 Å². The number of carbonyl (C=O) groups is 2. The maximum atomic E-state index is 13.8. The lowest BCUT2D eigenvalue weighted by molar-refractivity contribution is 0.0292. The van der Waals surface area contributed by atoms with Crippen LogP contribution in [0.5, 0.6) is 5.75 Å². The fourth-order valence-corrected chi connectivity index (χ4v) is 4.96. The number of fused-ring (bicyclic) bond motifs is 1. The average molecular weight is 642 g/mol. The summed E-state index contributed by atoms with van der Waals surface area (Å²) >= 11 is 12.8. The molecule has 0 unspecified atom stereocenters. The van der Waals surface area contributed by atoms with Gasteiger partial charge in [0.2, 0.25) is 0 Å². The lowest BCUT2D eigenvalue weighted by atomic mass is 10.1. The van der Waals surface area contributed by atoms with Crippen molar-refractivity contribution in [2.45, 2.75) is 59.7 Å². The number of nitrogens with zero attached hydrogens (tertiary/aromatic N) is 6. The molecule has 0 saturated heterocycles. The zero-order valence-corrected chi connectivity index (χ0v) is 27.7. The van der Waals surface area contributed by atoms with Gasteiger partial charge in [0.15, 0.2) is 5.82 Å². The summed E-state index contributed by atoms with van der Waals surface area (Å²) in [4.78, 5) is 38.6. The quantitative estimate of drug-likeness (QED) is 0.171. The molecule has 2 amide bonds. The molecule has 2 aromatic heterocycles. The van der Waals surface area contributed by atoms with E-state index >= 15 is 0 Å². The summed E-state index contributed by atoms with van der Waals surface area (Å²) in [5, 5.41) is 5.84. The van der Waals surface area contributed by atoms with Crippen molar-refractivity contribution in [2.75, 3.05) is 27.2 Å². The van der Waals surface area contributed by atoms with Crippen molar-refractivity contribution >= 4 is 46.1 Å². The third-order valence-corrected chi connectivity index (χ3v) is 7.31. The number of benzene rings is 2. The maximum absolute atomic E-state index is 13.8. The summed E-state index contributed by atoms with van der Waals surface area (Å²) in [5.41, 5.74) is 2.78.